The smallest absolute Gasteiger partial charge is 0.303 e. The number of hydroxylamine groups is 2. The predicted molar refractivity (Wildman–Crippen MR) is 168 cm³/mol. The average molecular weight is 645 g/mol. The van der Waals surface area contributed by atoms with Gasteiger partial charge in [-0.05, 0) is 43.0 Å². The molecule has 13 heteroatoms. The third-order valence-corrected chi connectivity index (χ3v) is 9.16. The molecule has 0 spiro atoms. The number of aryl methyl sites for hydroxylation is 2. The fraction of sp³-hybridized carbons (Fsp3) is 0.333. The van der Waals surface area contributed by atoms with Gasteiger partial charge in [-0.1, -0.05) is 41.4 Å². The topological polar surface area (TPSA) is 117 Å². The molecule has 3 heterocycles. The molecule has 2 aromatic carbocycles. The molecule has 1 amide bonds. The molecule has 0 saturated carbocycles. The Balaban J connectivity index is 1.23. The van der Waals surface area contributed by atoms with Gasteiger partial charge in [-0.2, -0.15) is 5.06 Å². The minimum absolute atomic E-state index is 0.0163. The molecular formula is C30H31Cl2N5O5S. The van der Waals surface area contributed by atoms with Crippen LogP contribution in [-0.2, 0) is 34.3 Å². The van der Waals surface area contributed by atoms with Gasteiger partial charge in [0.2, 0.25) is 0 Å². The van der Waals surface area contributed by atoms with Gasteiger partial charge in [0.25, 0.3) is 5.91 Å². The molecule has 0 bridgehead atoms. The van der Waals surface area contributed by atoms with Crippen LogP contribution in [0.15, 0.2) is 48.8 Å². The number of nitrogens with zero attached hydrogens (tertiary/aromatic N) is 4. The van der Waals surface area contributed by atoms with E-state index in [0.29, 0.717) is 28.3 Å². The van der Waals surface area contributed by atoms with Gasteiger partial charge in [-0.15, -0.1) is 11.3 Å². The van der Waals surface area contributed by atoms with Gasteiger partial charge in [-0.3, -0.25) is 19.2 Å². The molecule has 1 atom stereocenters. The number of aliphatic carboxylic acids is 1. The van der Waals surface area contributed by atoms with E-state index in [2.05, 4.69) is 15.2 Å². The quantitative estimate of drug-likeness (QED) is 0.186. The first kappa shape index (κ1) is 31.0. The summed E-state index contributed by atoms with van der Waals surface area (Å²) < 4.78 is 1.89. The van der Waals surface area contributed by atoms with Crippen molar-refractivity contribution < 1.29 is 24.3 Å². The lowest BCUT2D eigenvalue weighted by atomic mass is 10.1. The Kier molecular flexibility index (Phi) is 9.68. The van der Waals surface area contributed by atoms with Crippen molar-refractivity contribution in [3.63, 3.8) is 0 Å². The van der Waals surface area contributed by atoms with E-state index in [1.54, 1.807) is 29.6 Å². The number of carbonyl (C=O) groups is 3. The minimum Gasteiger partial charge on any atom is -0.481 e. The Bertz CT molecular complexity index is 1670. The van der Waals surface area contributed by atoms with Crippen molar-refractivity contribution in [2.75, 3.05) is 30.4 Å². The SMILES string of the molecule is CON(CC(=O)Cc1cc(Cl)c(NC(=O)c2cn(C)c3ccccc23)cc1Cl)C1CCCN1c1ncc(CCC(=O)O)s1. The first-order valence-electron chi connectivity index (χ1n) is 13.7. The molecule has 2 aromatic heterocycles. The summed E-state index contributed by atoms with van der Waals surface area (Å²) in [6, 6.07) is 10.8. The summed E-state index contributed by atoms with van der Waals surface area (Å²) in [4.78, 5) is 50.3. The van der Waals surface area contributed by atoms with Crippen LogP contribution in [0.4, 0.5) is 10.8 Å². The number of thiazole rings is 1. The number of ketones is 1. The van der Waals surface area contributed by atoms with Crippen LogP contribution in [0.2, 0.25) is 10.0 Å². The van der Waals surface area contributed by atoms with Gasteiger partial charge in [0.15, 0.2) is 10.9 Å². The van der Waals surface area contributed by atoms with Crippen LogP contribution >= 0.6 is 34.5 Å². The first-order valence-corrected chi connectivity index (χ1v) is 15.3. The zero-order valence-electron chi connectivity index (χ0n) is 23.7. The number of nitrogens with one attached hydrogen (secondary N) is 1. The van der Waals surface area contributed by atoms with Gasteiger partial charge in [-0.25, -0.2) is 4.98 Å². The number of fused-ring (bicyclic) bond motifs is 1. The first-order chi connectivity index (χ1) is 20.6. The number of rotatable bonds is 12. The van der Waals surface area contributed by atoms with E-state index in [9.17, 15) is 14.4 Å². The highest BCUT2D eigenvalue weighted by atomic mass is 35.5. The molecular weight excluding hydrogens is 613 g/mol. The Morgan fingerprint density at radius 3 is 2.77 bits per heavy atom. The molecule has 0 aliphatic carbocycles. The lowest BCUT2D eigenvalue weighted by molar-refractivity contribution is -0.166. The second kappa shape index (κ2) is 13.4. The Morgan fingerprint density at radius 2 is 2.00 bits per heavy atom. The van der Waals surface area contributed by atoms with Crippen molar-refractivity contribution in [2.24, 2.45) is 7.05 Å². The van der Waals surface area contributed by atoms with Gasteiger partial charge < -0.3 is 19.9 Å². The van der Waals surface area contributed by atoms with E-state index in [1.165, 1.54) is 18.4 Å². The lowest BCUT2D eigenvalue weighted by Gasteiger charge is -2.32. The van der Waals surface area contributed by atoms with Crippen LogP contribution in [0.5, 0.6) is 0 Å². The zero-order chi connectivity index (χ0) is 30.7. The van der Waals surface area contributed by atoms with E-state index in [1.807, 2.05) is 35.9 Å². The summed E-state index contributed by atoms with van der Waals surface area (Å²) >= 11 is 14.5. The highest BCUT2D eigenvalue weighted by Crippen LogP contribution is 2.33. The van der Waals surface area contributed by atoms with Crippen LogP contribution in [0.25, 0.3) is 10.9 Å². The maximum atomic E-state index is 13.2. The summed E-state index contributed by atoms with van der Waals surface area (Å²) in [5.41, 5.74) is 2.34. The lowest BCUT2D eigenvalue weighted by Crippen LogP contribution is -2.46. The van der Waals surface area contributed by atoms with E-state index in [-0.39, 0.29) is 42.3 Å². The van der Waals surface area contributed by atoms with E-state index < -0.39 is 5.97 Å². The number of aromatic nitrogens is 2. The third-order valence-electron chi connectivity index (χ3n) is 7.41. The number of hydrogen-bond acceptors (Lipinski definition) is 8. The Labute approximate surface area is 262 Å². The predicted octanol–water partition coefficient (Wildman–Crippen LogP) is 5.81. The van der Waals surface area contributed by atoms with E-state index in [0.717, 1.165) is 40.3 Å². The molecule has 10 nitrogen and oxygen atoms in total. The molecule has 1 fully saturated rings. The number of anilines is 2. The van der Waals surface area contributed by atoms with E-state index in [4.69, 9.17) is 33.1 Å². The number of amides is 1. The largest absolute Gasteiger partial charge is 0.481 e. The molecule has 43 heavy (non-hydrogen) atoms. The summed E-state index contributed by atoms with van der Waals surface area (Å²) in [6.07, 6.45) is 5.46. The second-order valence-electron chi connectivity index (χ2n) is 10.3. The summed E-state index contributed by atoms with van der Waals surface area (Å²) in [5.74, 6) is -1.29. The number of carbonyl (C=O) groups excluding carboxylic acids is 2. The number of halogens is 2. The highest BCUT2D eigenvalue weighted by molar-refractivity contribution is 7.15. The minimum atomic E-state index is -0.847. The molecule has 1 unspecified atom stereocenters. The number of Topliss-reactive ketones (excluding diaryl/α,β-unsaturated/α-hetero) is 1. The van der Waals surface area contributed by atoms with Crippen molar-refractivity contribution in [2.45, 2.75) is 38.3 Å². The standard InChI is InChI=1S/C30H31Cl2N5O5S/c1-35-17-22(21-6-3-4-7-26(21)35)29(41)34-25-14-23(31)18(13-24(25)32)12-19(38)16-37(42-2)27-8-5-11-36(27)30-33-15-20(43-30)9-10-28(39)40/h3-4,6-7,13-15,17,27H,5,8-12,16H2,1-2H3,(H,34,41)(H,39,40). The average Bonchev–Trinajstić information content (AvgIpc) is 3.72. The molecule has 1 aliphatic heterocycles. The maximum Gasteiger partial charge on any atom is 0.303 e. The Hall–Kier alpha value is -3.48. The van der Waals surface area contributed by atoms with Crippen molar-refractivity contribution in [3.05, 3.63) is 74.8 Å². The monoisotopic (exact) mass is 643 g/mol. The highest BCUT2D eigenvalue weighted by Gasteiger charge is 2.33. The number of para-hydroxylation sites is 1. The van der Waals surface area contributed by atoms with Crippen molar-refractivity contribution >= 4 is 73.9 Å². The normalized spacial score (nSPS) is 15.0. The molecule has 4 aromatic rings. The van der Waals surface area contributed by atoms with Crippen molar-refractivity contribution in [1.82, 2.24) is 14.6 Å². The third kappa shape index (κ3) is 7.02. The van der Waals surface area contributed by atoms with Gasteiger partial charge >= 0.3 is 5.97 Å². The molecule has 1 aliphatic rings. The number of carboxylic acid groups (broad SMARTS) is 1. The second-order valence-corrected chi connectivity index (χ2v) is 12.2. The maximum absolute atomic E-state index is 13.2. The fourth-order valence-electron chi connectivity index (χ4n) is 5.31. The number of benzene rings is 2. The summed E-state index contributed by atoms with van der Waals surface area (Å²) in [5, 5.41) is 15.6. The molecule has 226 valence electrons. The molecule has 1 saturated heterocycles. The summed E-state index contributed by atoms with van der Waals surface area (Å²) in [7, 11) is 3.41. The zero-order valence-corrected chi connectivity index (χ0v) is 26.0. The van der Waals surface area contributed by atoms with Gasteiger partial charge in [0.05, 0.1) is 36.3 Å². The van der Waals surface area contributed by atoms with Crippen LogP contribution < -0.4 is 10.2 Å². The number of hydrogen-bond donors (Lipinski definition) is 2. The van der Waals surface area contributed by atoms with Gasteiger partial charge in [0, 0.05) is 53.2 Å². The van der Waals surface area contributed by atoms with Crippen LogP contribution in [-0.4, -0.2) is 63.7 Å². The summed E-state index contributed by atoms with van der Waals surface area (Å²) in [6.45, 7) is 0.764. The van der Waals surface area contributed by atoms with Crippen LogP contribution in [0, 0.1) is 0 Å². The van der Waals surface area contributed by atoms with Gasteiger partial charge in [0.1, 0.15) is 6.17 Å². The molecule has 0 radical (unpaired) electrons. The van der Waals surface area contributed by atoms with Crippen LogP contribution in [0.1, 0.15) is 40.1 Å². The molecule has 5 rings (SSSR count). The van der Waals surface area contributed by atoms with Crippen molar-refractivity contribution in [3.8, 4) is 0 Å². The Morgan fingerprint density at radius 1 is 1.21 bits per heavy atom. The van der Waals surface area contributed by atoms with Crippen molar-refractivity contribution in [1.29, 1.82) is 0 Å². The molecule has 2 N–H and O–H groups in total. The van der Waals surface area contributed by atoms with Crippen LogP contribution in [0.3, 0.4) is 0 Å². The fourth-order valence-corrected chi connectivity index (χ4v) is 6.76. The number of carboxylic acids is 1. The van der Waals surface area contributed by atoms with E-state index >= 15 is 0 Å².